The summed E-state index contributed by atoms with van der Waals surface area (Å²) in [5, 5.41) is 0.259. The van der Waals surface area contributed by atoms with Crippen molar-refractivity contribution in [3.05, 3.63) is 29.0 Å². The van der Waals surface area contributed by atoms with Gasteiger partial charge in [0.05, 0.1) is 0 Å². The molecule has 1 saturated heterocycles. The maximum Gasteiger partial charge on any atom is 0.279 e. The first-order valence-electron chi connectivity index (χ1n) is 5.59. The Kier molecular flexibility index (Phi) is 3.43. The first-order valence-corrected chi connectivity index (χ1v) is 5.97. The number of amides is 2. The molecular formula is C12H13ClN2O2. The molecule has 0 spiro atoms. The summed E-state index contributed by atoms with van der Waals surface area (Å²) in [5.41, 5.74) is 0.225. The zero-order valence-electron chi connectivity index (χ0n) is 9.52. The van der Waals surface area contributed by atoms with Crippen LogP contribution in [-0.4, -0.2) is 28.2 Å². The molecule has 1 fully saturated rings. The molecule has 1 aromatic rings. The molecule has 2 amide bonds. The molecule has 0 radical (unpaired) electrons. The number of carbonyl (C=O) groups is 2. The van der Waals surface area contributed by atoms with Crippen molar-refractivity contribution >= 4 is 23.4 Å². The van der Waals surface area contributed by atoms with Crippen molar-refractivity contribution < 1.29 is 9.59 Å². The summed E-state index contributed by atoms with van der Waals surface area (Å²) in [7, 11) is 0. The highest BCUT2D eigenvalue weighted by molar-refractivity contribution is 6.29. The minimum Gasteiger partial charge on any atom is -0.277 e. The second-order valence-electron chi connectivity index (χ2n) is 4.13. The number of imide groups is 1. The Bertz CT molecular complexity index is 462. The molecule has 1 aliphatic rings. The average molecular weight is 253 g/mol. The normalized spacial score (nSPS) is 19.8. The number of likely N-dealkylation sites (tertiary alicyclic amines) is 1. The topological polar surface area (TPSA) is 50.3 Å². The van der Waals surface area contributed by atoms with E-state index in [0.29, 0.717) is 13.0 Å². The van der Waals surface area contributed by atoms with Crippen LogP contribution in [0.1, 0.15) is 30.3 Å². The third-order valence-corrected chi connectivity index (χ3v) is 3.17. The predicted molar refractivity (Wildman–Crippen MR) is 63.7 cm³/mol. The minimum atomic E-state index is -0.353. The molecule has 1 unspecified atom stereocenters. The van der Waals surface area contributed by atoms with Crippen molar-refractivity contribution in [3.63, 3.8) is 0 Å². The van der Waals surface area contributed by atoms with Crippen LogP contribution in [0.25, 0.3) is 0 Å². The van der Waals surface area contributed by atoms with Gasteiger partial charge in [-0.25, -0.2) is 4.98 Å². The van der Waals surface area contributed by atoms with Crippen LogP contribution in [0.4, 0.5) is 0 Å². The SMILES string of the molecule is CCC1CC(=O)N(C(=O)c2cccc(Cl)n2)C1. The third-order valence-electron chi connectivity index (χ3n) is 2.96. The molecule has 2 rings (SSSR count). The van der Waals surface area contributed by atoms with E-state index in [9.17, 15) is 9.59 Å². The van der Waals surface area contributed by atoms with Gasteiger partial charge in [-0.2, -0.15) is 0 Å². The lowest BCUT2D eigenvalue weighted by Crippen LogP contribution is -2.33. The van der Waals surface area contributed by atoms with Crippen LogP contribution in [0.15, 0.2) is 18.2 Å². The largest absolute Gasteiger partial charge is 0.279 e. The van der Waals surface area contributed by atoms with E-state index in [4.69, 9.17) is 11.6 Å². The van der Waals surface area contributed by atoms with Gasteiger partial charge in [0.1, 0.15) is 10.8 Å². The Morgan fingerprint density at radius 3 is 2.94 bits per heavy atom. The van der Waals surface area contributed by atoms with Gasteiger partial charge in [0.2, 0.25) is 5.91 Å². The maximum absolute atomic E-state index is 12.1. The summed E-state index contributed by atoms with van der Waals surface area (Å²) in [6, 6.07) is 4.82. The van der Waals surface area contributed by atoms with Crippen molar-refractivity contribution in [3.8, 4) is 0 Å². The molecule has 0 bridgehead atoms. The standard InChI is InChI=1S/C12H13ClN2O2/c1-2-8-6-11(16)15(7-8)12(17)9-4-3-5-10(13)14-9/h3-5,8H,2,6-7H2,1H3. The van der Waals surface area contributed by atoms with Gasteiger partial charge in [0, 0.05) is 13.0 Å². The molecular weight excluding hydrogens is 240 g/mol. The summed E-state index contributed by atoms with van der Waals surface area (Å²) in [6.07, 6.45) is 1.35. The molecule has 0 N–H and O–H groups in total. The zero-order valence-corrected chi connectivity index (χ0v) is 10.3. The van der Waals surface area contributed by atoms with E-state index in [2.05, 4.69) is 4.98 Å². The molecule has 0 saturated carbocycles. The van der Waals surface area contributed by atoms with Crippen LogP contribution in [0, 0.1) is 5.92 Å². The molecule has 1 aliphatic heterocycles. The van der Waals surface area contributed by atoms with Gasteiger partial charge in [-0.05, 0) is 18.1 Å². The number of halogens is 1. The van der Waals surface area contributed by atoms with E-state index in [1.807, 2.05) is 6.92 Å². The number of hydrogen-bond acceptors (Lipinski definition) is 3. The van der Waals surface area contributed by atoms with Crippen molar-refractivity contribution in [1.29, 1.82) is 0 Å². The number of carbonyl (C=O) groups excluding carboxylic acids is 2. The van der Waals surface area contributed by atoms with E-state index in [-0.39, 0.29) is 28.6 Å². The van der Waals surface area contributed by atoms with Gasteiger partial charge >= 0.3 is 0 Å². The fourth-order valence-corrected chi connectivity index (χ4v) is 2.08. The van der Waals surface area contributed by atoms with E-state index >= 15 is 0 Å². The number of pyridine rings is 1. The maximum atomic E-state index is 12.1. The van der Waals surface area contributed by atoms with Gasteiger partial charge in [-0.15, -0.1) is 0 Å². The quantitative estimate of drug-likeness (QED) is 0.599. The summed E-state index contributed by atoms with van der Waals surface area (Å²) < 4.78 is 0. The third kappa shape index (κ3) is 2.47. The highest BCUT2D eigenvalue weighted by atomic mass is 35.5. The number of hydrogen-bond donors (Lipinski definition) is 0. The van der Waals surface area contributed by atoms with Crippen LogP contribution in [0.5, 0.6) is 0 Å². The molecule has 1 atom stereocenters. The summed E-state index contributed by atoms with van der Waals surface area (Å²) in [6.45, 7) is 2.51. The van der Waals surface area contributed by atoms with Crippen LogP contribution in [0.2, 0.25) is 5.15 Å². The Hall–Kier alpha value is -1.42. The van der Waals surface area contributed by atoms with Crippen LogP contribution >= 0.6 is 11.6 Å². The van der Waals surface area contributed by atoms with Crippen molar-refractivity contribution in [2.24, 2.45) is 5.92 Å². The van der Waals surface area contributed by atoms with Gasteiger partial charge < -0.3 is 0 Å². The number of rotatable bonds is 2. The highest BCUT2D eigenvalue weighted by Gasteiger charge is 2.33. The molecule has 2 heterocycles. The van der Waals surface area contributed by atoms with Gasteiger partial charge in [0.15, 0.2) is 0 Å². The number of nitrogens with zero attached hydrogens (tertiary/aromatic N) is 2. The smallest absolute Gasteiger partial charge is 0.277 e. The Balaban J connectivity index is 2.18. The van der Waals surface area contributed by atoms with Crippen molar-refractivity contribution in [2.45, 2.75) is 19.8 Å². The Morgan fingerprint density at radius 1 is 1.59 bits per heavy atom. The molecule has 5 heteroatoms. The first-order chi connectivity index (χ1) is 8.11. The van der Waals surface area contributed by atoms with Gasteiger partial charge in [-0.1, -0.05) is 31.0 Å². The van der Waals surface area contributed by atoms with Crippen LogP contribution < -0.4 is 0 Å². The van der Waals surface area contributed by atoms with E-state index in [0.717, 1.165) is 6.42 Å². The van der Waals surface area contributed by atoms with Gasteiger partial charge in [-0.3, -0.25) is 14.5 Å². The fourth-order valence-electron chi connectivity index (χ4n) is 1.92. The Labute approximate surface area is 105 Å². The monoisotopic (exact) mass is 252 g/mol. The molecule has 90 valence electrons. The minimum absolute atomic E-state index is 0.122. The molecule has 0 aliphatic carbocycles. The summed E-state index contributed by atoms with van der Waals surface area (Å²) >= 11 is 5.72. The van der Waals surface area contributed by atoms with E-state index < -0.39 is 0 Å². The average Bonchev–Trinajstić information content (AvgIpc) is 2.69. The second kappa shape index (κ2) is 4.84. The lowest BCUT2D eigenvalue weighted by Gasteiger charge is -2.13. The summed E-state index contributed by atoms with van der Waals surface area (Å²) in [5.74, 6) is -0.206. The van der Waals surface area contributed by atoms with E-state index in [1.54, 1.807) is 18.2 Å². The van der Waals surface area contributed by atoms with Crippen LogP contribution in [-0.2, 0) is 4.79 Å². The lowest BCUT2D eigenvalue weighted by molar-refractivity contribution is -0.125. The molecule has 0 aromatic carbocycles. The van der Waals surface area contributed by atoms with Crippen LogP contribution in [0.3, 0.4) is 0 Å². The molecule has 17 heavy (non-hydrogen) atoms. The molecule has 1 aromatic heterocycles. The first kappa shape index (κ1) is 12.0. The highest BCUT2D eigenvalue weighted by Crippen LogP contribution is 2.22. The predicted octanol–water partition coefficient (Wildman–Crippen LogP) is 2.13. The number of aromatic nitrogens is 1. The summed E-state index contributed by atoms with van der Waals surface area (Å²) in [4.78, 5) is 28.9. The van der Waals surface area contributed by atoms with Crippen molar-refractivity contribution in [1.82, 2.24) is 9.88 Å². The van der Waals surface area contributed by atoms with Gasteiger partial charge in [0.25, 0.3) is 5.91 Å². The molecule has 4 nitrogen and oxygen atoms in total. The second-order valence-corrected chi connectivity index (χ2v) is 4.52. The van der Waals surface area contributed by atoms with E-state index in [1.165, 1.54) is 4.90 Å². The fraction of sp³-hybridized carbons (Fsp3) is 0.417. The Morgan fingerprint density at radius 2 is 2.35 bits per heavy atom. The zero-order chi connectivity index (χ0) is 12.4. The van der Waals surface area contributed by atoms with Crippen molar-refractivity contribution in [2.75, 3.05) is 6.54 Å². The lowest BCUT2D eigenvalue weighted by atomic mass is 10.1.